The van der Waals surface area contributed by atoms with Crippen molar-refractivity contribution in [2.75, 3.05) is 0 Å². The van der Waals surface area contributed by atoms with Gasteiger partial charge in [-0.1, -0.05) is 57.4 Å². The van der Waals surface area contributed by atoms with Crippen molar-refractivity contribution in [1.82, 2.24) is 10.2 Å². The molecular weight excluding hydrogens is 364 g/mol. The molecule has 3 aromatic rings. The minimum Gasteiger partial charge on any atom is -0.415 e. The van der Waals surface area contributed by atoms with Gasteiger partial charge in [0.1, 0.15) is 5.03 Å². The number of nitrogens with zero attached hydrogens (tertiary/aromatic N) is 2. The van der Waals surface area contributed by atoms with E-state index < -0.39 is 0 Å². The van der Waals surface area contributed by atoms with E-state index in [1.54, 1.807) is 6.08 Å². The topological polar surface area (TPSA) is 38.9 Å². The molecular formula is C17H12BrClN2O. The van der Waals surface area contributed by atoms with E-state index in [1.165, 1.54) is 0 Å². The third-order valence-corrected chi connectivity index (χ3v) is 3.80. The molecule has 22 heavy (non-hydrogen) atoms. The molecule has 0 bridgehead atoms. The van der Waals surface area contributed by atoms with Gasteiger partial charge in [-0.25, -0.2) is 0 Å². The quantitative estimate of drug-likeness (QED) is 0.603. The second-order valence-electron chi connectivity index (χ2n) is 4.83. The SMILES string of the molecule is Cc1cccc(-c2nnc(/C(Cl)=C/c3cccc(Br)c3)o2)c1. The van der Waals surface area contributed by atoms with Gasteiger partial charge in [-0.05, 0) is 42.8 Å². The van der Waals surface area contributed by atoms with Gasteiger partial charge in [0.25, 0.3) is 5.89 Å². The highest BCUT2D eigenvalue weighted by molar-refractivity contribution is 9.10. The lowest BCUT2D eigenvalue weighted by atomic mass is 10.1. The van der Waals surface area contributed by atoms with Gasteiger partial charge in [-0.15, -0.1) is 10.2 Å². The van der Waals surface area contributed by atoms with E-state index in [2.05, 4.69) is 26.1 Å². The Morgan fingerprint density at radius 1 is 1.14 bits per heavy atom. The molecule has 0 atom stereocenters. The van der Waals surface area contributed by atoms with Crippen molar-refractivity contribution in [2.45, 2.75) is 6.92 Å². The summed E-state index contributed by atoms with van der Waals surface area (Å²) in [6, 6.07) is 15.7. The number of benzene rings is 2. The average molecular weight is 376 g/mol. The number of hydrogen-bond acceptors (Lipinski definition) is 3. The van der Waals surface area contributed by atoms with Crippen LogP contribution in [0.4, 0.5) is 0 Å². The second kappa shape index (κ2) is 6.46. The van der Waals surface area contributed by atoms with Crippen LogP contribution in [0.3, 0.4) is 0 Å². The fourth-order valence-corrected chi connectivity index (χ4v) is 2.64. The van der Waals surface area contributed by atoms with Gasteiger partial charge in [0.2, 0.25) is 5.89 Å². The molecule has 0 unspecified atom stereocenters. The molecule has 0 N–H and O–H groups in total. The number of aryl methyl sites for hydroxylation is 1. The molecule has 3 nitrogen and oxygen atoms in total. The van der Waals surface area contributed by atoms with Gasteiger partial charge in [-0.2, -0.15) is 0 Å². The summed E-state index contributed by atoms with van der Waals surface area (Å²) in [6.07, 6.45) is 1.79. The van der Waals surface area contributed by atoms with Gasteiger partial charge in [0.05, 0.1) is 0 Å². The zero-order valence-corrected chi connectivity index (χ0v) is 14.1. The minimum atomic E-state index is 0.304. The number of hydrogen-bond donors (Lipinski definition) is 0. The highest BCUT2D eigenvalue weighted by Crippen LogP contribution is 2.26. The van der Waals surface area contributed by atoms with Crippen LogP contribution in [0.15, 0.2) is 57.4 Å². The fraction of sp³-hybridized carbons (Fsp3) is 0.0588. The maximum atomic E-state index is 6.27. The summed E-state index contributed by atoms with van der Waals surface area (Å²) in [5.41, 5.74) is 2.97. The Labute approximate surface area is 141 Å². The maximum absolute atomic E-state index is 6.27. The van der Waals surface area contributed by atoms with Crippen molar-refractivity contribution in [3.05, 3.63) is 70.0 Å². The van der Waals surface area contributed by atoms with Crippen LogP contribution in [-0.4, -0.2) is 10.2 Å². The summed E-state index contributed by atoms with van der Waals surface area (Å²) in [5.74, 6) is 0.762. The summed E-state index contributed by atoms with van der Waals surface area (Å²) >= 11 is 9.70. The molecule has 0 spiro atoms. The molecule has 1 heterocycles. The predicted molar refractivity (Wildman–Crippen MR) is 92.3 cm³/mol. The van der Waals surface area contributed by atoms with E-state index >= 15 is 0 Å². The molecule has 2 aromatic carbocycles. The monoisotopic (exact) mass is 374 g/mol. The van der Waals surface area contributed by atoms with Crippen LogP contribution < -0.4 is 0 Å². The Morgan fingerprint density at radius 3 is 2.73 bits per heavy atom. The summed E-state index contributed by atoms with van der Waals surface area (Å²) in [5, 5.41) is 8.48. The lowest BCUT2D eigenvalue weighted by Gasteiger charge is -1.97. The smallest absolute Gasteiger partial charge is 0.259 e. The lowest BCUT2D eigenvalue weighted by molar-refractivity contribution is 0.556. The van der Waals surface area contributed by atoms with Crippen molar-refractivity contribution >= 4 is 38.6 Å². The summed E-state index contributed by atoms with van der Waals surface area (Å²) < 4.78 is 6.64. The van der Waals surface area contributed by atoms with Crippen molar-refractivity contribution in [1.29, 1.82) is 0 Å². The molecule has 3 rings (SSSR count). The molecule has 1 aromatic heterocycles. The van der Waals surface area contributed by atoms with Crippen LogP contribution in [0.25, 0.3) is 22.6 Å². The first kappa shape index (κ1) is 15.0. The molecule has 110 valence electrons. The zero-order chi connectivity index (χ0) is 15.5. The predicted octanol–water partition coefficient (Wildman–Crippen LogP) is 5.54. The van der Waals surface area contributed by atoms with E-state index in [9.17, 15) is 0 Å². The normalized spacial score (nSPS) is 11.7. The van der Waals surface area contributed by atoms with Crippen LogP contribution in [-0.2, 0) is 0 Å². The molecule has 0 aliphatic heterocycles. The fourth-order valence-electron chi connectivity index (χ4n) is 2.02. The third kappa shape index (κ3) is 3.46. The Kier molecular flexibility index (Phi) is 4.41. The van der Waals surface area contributed by atoms with Gasteiger partial charge in [0, 0.05) is 10.0 Å². The Hall–Kier alpha value is -1.91. The molecule has 0 aliphatic carbocycles. The largest absolute Gasteiger partial charge is 0.415 e. The van der Waals surface area contributed by atoms with E-state index in [-0.39, 0.29) is 0 Å². The minimum absolute atomic E-state index is 0.304. The van der Waals surface area contributed by atoms with Crippen molar-refractivity contribution < 1.29 is 4.42 Å². The third-order valence-electron chi connectivity index (χ3n) is 3.04. The van der Waals surface area contributed by atoms with Crippen molar-refractivity contribution in [3.63, 3.8) is 0 Å². The van der Waals surface area contributed by atoms with Crippen molar-refractivity contribution in [3.8, 4) is 11.5 Å². The number of halogens is 2. The van der Waals surface area contributed by atoms with Crippen LogP contribution in [0, 0.1) is 6.92 Å². The molecule has 0 saturated carbocycles. The molecule has 0 radical (unpaired) electrons. The van der Waals surface area contributed by atoms with Crippen LogP contribution in [0.5, 0.6) is 0 Å². The van der Waals surface area contributed by atoms with Crippen LogP contribution >= 0.6 is 27.5 Å². The lowest BCUT2D eigenvalue weighted by Crippen LogP contribution is -1.79. The Bertz CT molecular complexity index is 842. The molecule has 5 heteroatoms. The molecule has 0 saturated heterocycles. The summed E-state index contributed by atoms with van der Waals surface area (Å²) in [4.78, 5) is 0. The standard InChI is InChI=1S/C17H12BrClN2O/c1-11-4-2-6-13(8-11)16-20-21-17(22-16)15(19)10-12-5-3-7-14(18)9-12/h2-10H,1H3/b15-10-. The molecule has 0 aliphatic rings. The number of aromatic nitrogens is 2. The first-order chi connectivity index (χ1) is 10.6. The molecule has 0 fully saturated rings. The van der Waals surface area contributed by atoms with E-state index in [4.69, 9.17) is 16.0 Å². The van der Waals surface area contributed by atoms with Gasteiger partial charge in [-0.3, -0.25) is 0 Å². The van der Waals surface area contributed by atoms with Crippen LogP contribution in [0.2, 0.25) is 0 Å². The Morgan fingerprint density at radius 2 is 1.95 bits per heavy atom. The van der Waals surface area contributed by atoms with E-state index in [1.807, 2.05) is 55.5 Å². The highest BCUT2D eigenvalue weighted by Gasteiger charge is 2.11. The van der Waals surface area contributed by atoms with Crippen LogP contribution in [0.1, 0.15) is 17.0 Å². The average Bonchev–Trinajstić information content (AvgIpc) is 2.97. The van der Waals surface area contributed by atoms with Gasteiger partial charge in [0.15, 0.2) is 0 Å². The number of rotatable bonds is 3. The Balaban J connectivity index is 1.90. The van der Waals surface area contributed by atoms with Gasteiger partial charge >= 0.3 is 0 Å². The van der Waals surface area contributed by atoms with E-state index in [0.717, 1.165) is 21.2 Å². The highest BCUT2D eigenvalue weighted by atomic mass is 79.9. The summed E-state index contributed by atoms with van der Waals surface area (Å²) in [6.45, 7) is 2.01. The first-order valence-electron chi connectivity index (χ1n) is 6.65. The summed E-state index contributed by atoms with van der Waals surface area (Å²) in [7, 11) is 0. The zero-order valence-electron chi connectivity index (χ0n) is 11.8. The molecule has 0 amide bonds. The second-order valence-corrected chi connectivity index (χ2v) is 6.15. The van der Waals surface area contributed by atoms with Gasteiger partial charge < -0.3 is 4.42 Å². The van der Waals surface area contributed by atoms with E-state index in [0.29, 0.717) is 16.8 Å². The maximum Gasteiger partial charge on any atom is 0.259 e. The van der Waals surface area contributed by atoms with Crippen molar-refractivity contribution in [2.24, 2.45) is 0 Å². The first-order valence-corrected chi connectivity index (χ1v) is 7.82.